The fraction of sp³-hybridized carbons (Fsp3) is 0.150. The van der Waals surface area contributed by atoms with Crippen LogP contribution in [0.4, 0.5) is 11.8 Å². The van der Waals surface area contributed by atoms with Crippen LogP contribution in [-0.4, -0.2) is 23.9 Å². The summed E-state index contributed by atoms with van der Waals surface area (Å²) in [5, 5.41) is 12.5. The van der Waals surface area contributed by atoms with Crippen molar-refractivity contribution in [1.82, 2.24) is 23.9 Å². The van der Waals surface area contributed by atoms with E-state index in [-0.39, 0.29) is 28.9 Å². The summed E-state index contributed by atoms with van der Waals surface area (Å²) in [6.07, 6.45) is 18.4. The molecule has 3 aromatic rings. The van der Waals surface area contributed by atoms with E-state index in [0.717, 1.165) is 18.5 Å². The zero-order valence-corrected chi connectivity index (χ0v) is 16.5. The SMILES string of the molecule is C#C.N#Cc1cnc(N)nc1NCc1cc2ncc(Cl)n2c(=O)n1C1=CCCC=C1. The van der Waals surface area contributed by atoms with E-state index in [1.807, 2.05) is 24.3 Å². The van der Waals surface area contributed by atoms with Gasteiger partial charge in [-0.15, -0.1) is 12.8 Å². The summed E-state index contributed by atoms with van der Waals surface area (Å²) in [5.74, 6) is 0.343. The van der Waals surface area contributed by atoms with Crippen LogP contribution in [0.1, 0.15) is 24.1 Å². The maximum Gasteiger partial charge on any atom is 0.339 e. The van der Waals surface area contributed by atoms with Crippen LogP contribution in [0.5, 0.6) is 0 Å². The molecule has 0 aromatic carbocycles. The lowest BCUT2D eigenvalue weighted by atomic mass is 10.1. The lowest BCUT2D eigenvalue weighted by molar-refractivity contribution is 0.824. The van der Waals surface area contributed by atoms with E-state index in [1.54, 1.807) is 10.6 Å². The molecule has 0 spiro atoms. The zero-order chi connectivity index (χ0) is 21.7. The van der Waals surface area contributed by atoms with Crippen LogP contribution in [0.3, 0.4) is 0 Å². The van der Waals surface area contributed by atoms with Crippen LogP contribution in [0.15, 0.2) is 41.5 Å². The van der Waals surface area contributed by atoms with E-state index in [0.29, 0.717) is 17.2 Å². The Morgan fingerprint density at radius 3 is 2.80 bits per heavy atom. The predicted molar refractivity (Wildman–Crippen MR) is 115 cm³/mol. The first-order valence-corrected chi connectivity index (χ1v) is 9.21. The lowest BCUT2D eigenvalue weighted by Gasteiger charge is -2.17. The molecule has 10 heteroatoms. The van der Waals surface area contributed by atoms with Gasteiger partial charge in [-0.3, -0.25) is 4.57 Å². The topological polar surface area (TPSA) is 127 Å². The predicted octanol–water partition coefficient (Wildman–Crippen LogP) is 2.45. The Balaban J connectivity index is 0.00000124. The average molecular weight is 421 g/mol. The van der Waals surface area contributed by atoms with Crippen molar-refractivity contribution in [3.8, 4) is 18.9 Å². The third kappa shape index (κ3) is 3.88. The van der Waals surface area contributed by atoms with Gasteiger partial charge in [-0.25, -0.2) is 19.2 Å². The van der Waals surface area contributed by atoms with Gasteiger partial charge >= 0.3 is 5.69 Å². The van der Waals surface area contributed by atoms with Crippen LogP contribution in [0.25, 0.3) is 11.3 Å². The van der Waals surface area contributed by atoms with Gasteiger partial charge in [0, 0.05) is 11.8 Å². The summed E-state index contributed by atoms with van der Waals surface area (Å²) in [5.41, 5.74) is 7.38. The molecule has 3 heterocycles. The molecule has 1 aliphatic rings. The molecular weight excluding hydrogens is 404 g/mol. The number of nitrogens with zero attached hydrogens (tertiary/aromatic N) is 6. The quantitative estimate of drug-likeness (QED) is 0.620. The monoisotopic (exact) mass is 420 g/mol. The van der Waals surface area contributed by atoms with Crippen LogP contribution in [0, 0.1) is 24.2 Å². The summed E-state index contributed by atoms with van der Waals surface area (Å²) in [7, 11) is 0. The summed E-state index contributed by atoms with van der Waals surface area (Å²) >= 11 is 6.14. The number of nitrogen functional groups attached to an aromatic ring is 1. The van der Waals surface area contributed by atoms with Crippen molar-refractivity contribution in [2.24, 2.45) is 0 Å². The molecule has 0 saturated carbocycles. The van der Waals surface area contributed by atoms with Gasteiger partial charge in [0.25, 0.3) is 0 Å². The fourth-order valence-electron chi connectivity index (χ4n) is 3.03. The smallest absolute Gasteiger partial charge is 0.339 e. The Morgan fingerprint density at radius 2 is 2.10 bits per heavy atom. The second kappa shape index (κ2) is 8.95. The van der Waals surface area contributed by atoms with Crippen molar-refractivity contribution < 1.29 is 0 Å². The number of imidazole rings is 1. The molecule has 9 nitrogen and oxygen atoms in total. The van der Waals surface area contributed by atoms with Crippen molar-refractivity contribution in [1.29, 1.82) is 5.26 Å². The molecule has 0 atom stereocenters. The van der Waals surface area contributed by atoms with E-state index >= 15 is 0 Å². The van der Waals surface area contributed by atoms with Crippen LogP contribution in [-0.2, 0) is 6.54 Å². The standard InChI is InChI=1S/C18H15ClN8O.C2H2/c19-14-10-22-15-6-13(9-23-16-11(7-20)8-24-17(21)25-16)26(18(28)27(14)15)12-4-2-1-3-5-12;1-2/h2,4-6,8,10H,1,3,9H2,(H3,21,23,24,25);1-2H. The Bertz CT molecular complexity index is 1280. The largest absolute Gasteiger partial charge is 0.368 e. The van der Waals surface area contributed by atoms with E-state index in [2.05, 4.69) is 33.1 Å². The maximum absolute atomic E-state index is 13.1. The number of allylic oxidation sites excluding steroid dienone is 4. The Kier molecular flexibility index (Phi) is 6.16. The zero-order valence-electron chi connectivity index (χ0n) is 15.8. The van der Waals surface area contributed by atoms with Gasteiger partial charge < -0.3 is 11.1 Å². The first-order chi connectivity index (χ1) is 14.6. The van der Waals surface area contributed by atoms with Crippen LogP contribution >= 0.6 is 11.6 Å². The number of nitrogens with two attached hydrogens (primary N) is 1. The summed E-state index contributed by atoms with van der Waals surface area (Å²) in [6, 6.07) is 3.78. The number of hydrogen-bond donors (Lipinski definition) is 2. The molecule has 0 bridgehead atoms. The minimum atomic E-state index is -0.322. The normalized spacial score (nSPS) is 12.5. The molecule has 0 fully saturated rings. The maximum atomic E-state index is 13.1. The first kappa shape index (κ1) is 20.6. The Morgan fingerprint density at radius 1 is 1.30 bits per heavy atom. The van der Waals surface area contributed by atoms with Crippen LogP contribution < -0.4 is 16.7 Å². The number of nitrogens with one attached hydrogen (secondary N) is 1. The first-order valence-electron chi connectivity index (χ1n) is 8.83. The Labute approximate surface area is 177 Å². The number of nitriles is 1. The van der Waals surface area contributed by atoms with E-state index in [4.69, 9.17) is 17.3 Å². The van der Waals surface area contributed by atoms with Crippen molar-refractivity contribution in [3.63, 3.8) is 0 Å². The van der Waals surface area contributed by atoms with Gasteiger partial charge in [-0.1, -0.05) is 23.8 Å². The van der Waals surface area contributed by atoms with Gasteiger partial charge in [0.05, 0.1) is 24.6 Å². The molecule has 3 N–H and O–H groups in total. The molecule has 0 amide bonds. The van der Waals surface area contributed by atoms with Crippen molar-refractivity contribution in [3.05, 3.63) is 63.6 Å². The van der Waals surface area contributed by atoms with Crippen molar-refractivity contribution in [2.75, 3.05) is 11.1 Å². The minimum Gasteiger partial charge on any atom is -0.368 e. The van der Waals surface area contributed by atoms with Crippen molar-refractivity contribution in [2.45, 2.75) is 19.4 Å². The number of aromatic nitrogens is 5. The highest BCUT2D eigenvalue weighted by Gasteiger charge is 2.16. The molecular formula is C20H17ClN8O. The molecule has 3 aromatic heterocycles. The van der Waals surface area contributed by atoms with Gasteiger partial charge in [0.1, 0.15) is 28.3 Å². The lowest BCUT2D eigenvalue weighted by Crippen LogP contribution is -2.29. The molecule has 0 radical (unpaired) electrons. The molecule has 0 saturated heterocycles. The molecule has 4 rings (SSSR count). The van der Waals surface area contributed by atoms with Crippen LogP contribution in [0.2, 0.25) is 5.15 Å². The Hall–Kier alpha value is -4.08. The molecule has 1 aliphatic carbocycles. The fourth-order valence-corrected chi connectivity index (χ4v) is 3.24. The summed E-state index contributed by atoms with van der Waals surface area (Å²) < 4.78 is 2.91. The minimum absolute atomic E-state index is 0.0484. The second-order valence-electron chi connectivity index (χ2n) is 6.09. The van der Waals surface area contributed by atoms with Gasteiger partial charge in [-0.2, -0.15) is 10.2 Å². The number of halogens is 1. The highest BCUT2D eigenvalue weighted by Crippen LogP contribution is 2.20. The number of rotatable bonds is 4. The van der Waals surface area contributed by atoms with Gasteiger partial charge in [0.15, 0.2) is 0 Å². The summed E-state index contributed by atoms with van der Waals surface area (Å²) in [4.78, 5) is 25.2. The molecule has 30 heavy (non-hydrogen) atoms. The number of anilines is 2. The van der Waals surface area contributed by atoms with E-state index in [9.17, 15) is 10.1 Å². The third-order valence-corrected chi connectivity index (χ3v) is 4.58. The van der Waals surface area contributed by atoms with Gasteiger partial charge in [-0.05, 0) is 18.9 Å². The highest BCUT2D eigenvalue weighted by atomic mass is 35.5. The number of terminal acetylenes is 1. The third-order valence-electron chi connectivity index (χ3n) is 4.31. The van der Waals surface area contributed by atoms with E-state index in [1.165, 1.54) is 16.8 Å². The molecule has 0 aliphatic heterocycles. The highest BCUT2D eigenvalue weighted by molar-refractivity contribution is 6.29. The average Bonchev–Trinajstić information content (AvgIpc) is 3.15. The van der Waals surface area contributed by atoms with E-state index < -0.39 is 0 Å². The summed E-state index contributed by atoms with van der Waals surface area (Å²) in [6.45, 7) is 0.215. The second-order valence-corrected chi connectivity index (χ2v) is 6.48. The number of fused-ring (bicyclic) bond motifs is 1. The van der Waals surface area contributed by atoms with Crippen molar-refractivity contribution >= 4 is 34.7 Å². The molecule has 150 valence electrons. The molecule has 0 unspecified atom stereocenters. The van der Waals surface area contributed by atoms with Gasteiger partial charge in [0.2, 0.25) is 5.95 Å². The number of hydrogen-bond acceptors (Lipinski definition) is 7.